The van der Waals surface area contributed by atoms with E-state index >= 15 is 0 Å². The molecule has 1 N–H and O–H groups in total. The Hall–Kier alpha value is -1.65. The van der Waals surface area contributed by atoms with Gasteiger partial charge in [0.05, 0.1) is 0 Å². The number of hydrogen-bond donors (Lipinski definition) is 1. The van der Waals surface area contributed by atoms with Crippen LogP contribution in [0, 0.1) is 0 Å². The number of nitrogens with zero attached hydrogens (tertiary/aromatic N) is 1. The lowest BCUT2D eigenvalue weighted by atomic mass is 10.1. The fourth-order valence-corrected chi connectivity index (χ4v) is 4.12. The number of rotatable bonds is 3. The molecule has 3 rings (SSSR count). The van der Waals surface area contributed by atoms with E-state index < -0.39 is 0 Å². The van der Waals surface area contributed by atoms with Gasteiger partial charge in [-0.05, 0) is 41.8 Å². The zero-order valence-corrected chi connectivity index (χ0v) is 14.5. The number of urea groups is 1. The summed E-state index contributed by atoms with van der Waals surface area (Å²) in [6, 6.07) is 15.7. The van der Waals surface area contributed by atoms with E-state index in [-0.39, 0.29) is 11.4 Å². The van der Waals surface area contributed by atoms with Gasteiger partial charge in [-0.3, -0.25) is 0 Å². The first-order chi connectivity index (χ1) is 11.2. The normalized spacial score (nSPS) is 17.3. The van der Waals surface area contributed by atoms with Crippen LogP contribution in [0.5, 0.6) is 0 Å². The first kappa shape index (κ1) is 16.2. The summed E-state index contributed by atoms with van der Waals surface area (Å²) < 4.78 is 0. The Morgan fingerprint density at radius 2 is 2.13 bits per heavy atom. The largest absolute Gasteiger partial charge is 0.323 e. The molecule has 0 aliphatic carbocycles. The second-order valence-electron chi connectivity index (χ2n) is 5.46. The number of nitrogens with one attached hydrogen (secondary N) is 1. The van der Waals surface area contributed by atoms with E-state index in [2.05, 4.69) is 18.3 Å². The van der Waals surface area contributed by atoms with E-state index in [4.69, 9.17) is 11.6 Å². The van der Waals surface area contributed by atoms with Gasteiger partial charge in [0.15, 0.2) is 0 Å². The summed E-state index contributed by atoms with van der Waals surface area (Å²) in [4.78, 5) is 14.5. The van der Waals surface area contributed by atoms with Crippen molar-refractivity contribution in [2.24, 2.45) is 0 Å². The van der Waals surface area contributed by atoms with Gasteiger partial charge in [0.2, 0.25) is 0 Å². The second kappa shape index (κ2) is 7.28. The Morgan fingerprint density at radius 3 is 2.91 bits per heavy atom. The van der Waals surface area contributed by atoms with Crippen molar-refractivity contribution in [3.8, 4) is 0 Å². The zero-order chi connectivity index (χ0) is 16.2. The number of hydrogen-bond acceptors (Lipinski definition) is 2. The molecule has 2 aromatic carbocycles. The standard InChI is InChI=1S/C18H19ClN2OS/c1-2-13-5-3-8-16(11-13)20-18(22)21-9-10-23-17(21)14-6-4-7-15(19)12-14/h3-8,11-12,17H,2,9-10H2,1H3,(H,20,22)/t17-/m1/s1. The van der Waals surface area contributed by atoms with Crippen molar-refractivity contribution >= 4 is 35.1 Å². The SMILES string of the molecule is CCc1cccc(NC(=O)N2CCS[C@@H]2c2cccc(Cl)c2)c1. The zero-order valence-electron chi connectivity index (χ0n) is 13.0. The quantitative estimate of drug-likeness (QED) is 0.830. The highest BCUT2D eigenvalue weighted by atomic mass is 35.5. The van der Waals surface area contributed by atoms with E-state index in [0.29, 0.717) is 5.02 Å². The maximum atomic E-state index is 12.7. The summed E-state index contributed by atoms with van der Waals surface area (Å²) in [5.41, 5.74) is 3.12. The van der Waals surface area contributed by atoms with Gasteiger partial charge in [0, 0.05) is 23.0 Å². The van der Waals surface area contributed by atoms with Crippen LogP contribution >= 0.6 is 23.4 Å². The smallest absolute Gasteiger partial charge is 0.308 e. The summed E-state index contributed by atoms with van der Waals surface area (Å²) in [5, 5.41) is 3.73. The molecule has 0 bridgehead atoms. The molecular formula is C18H19ClN2OS. The third-order valence-electron chi connectivity index (χ3n) is 3.87. The van der Waals surface area contributed by atoms with Crippen LogP contribution in [0.4, 0.5) is 10.5 Å². The predicted molar refractivity (Wildman–Crippen MR) is 98.2 cm³/mol. The highest BCUT2D eigenvalue weighted by Crippen LogP contribution is 2.38. The average Bonchev–Trinajstić information content (AvgIpc) is 3.05. The van der Waals surface area contributed by atoms with Crippen LogP contribution in [-0.2, 0) is 6.42 Å². The lowest BCUT2D eigenvalue weighted by molar-refractivity contribution is 0.214. The third-order valence-corrected chi connectivity index (χ3v) is 5.37. The first-order valence-electron chi connectivity index (χ1n) is 7.71. The van der Waals surface area contributed by atoms with Crippen molar-refractivity contribution < 1.29 is 4.79 Å². The predicted octanol–water partition coefficient (Wildman–Crippen LogP) is 5.18. The number of anilines is 1. The number of amides is 2. The second-order valence-corrected chi connectivity index (χ2v) is 7.08. The molecule has 0 aromatic heterocycles. The van der Waals surface area contributed by atoms with Gasteiger partial charge in [-0.15, -0.1) is 11.8 Å². The van der Waals surface area contributed by atoms with Crippen LogP contribution in [0.25, 0.3) is 0 Å². The van der Waals surface area contributed by atoms with Gasteiger partial charge in [-0.25, -0.2) is 4.79 Å². The summed E-state index contributed by atoms with van der Waals surface area (Å²) in [6.45, 7) is 2.84. The van der Waals surface area contributed by atoms with Crippen LogP contribution in [-0.4, -0.2) is 23.2 Å². The molecule has 1 aliphatic rings. The minimum atomic E-state index is -0.0618. The highest BCUT2D eigenvalue weighted by Gasteiger charge is 2.30. The molecule has 120 valence electrons. The fourth-order valence-electron chi connectivity index (χ4n) is 2.68. The summed E-state index contributed by atoms with van der Waals surface area (Å²) >= 11 is 7.85. The molecule has 0 unspecified atom stereocenters. The molecule has 2 aromatic rings. The Morgan fingerprint density at radius 1 is 1.30 bits per heavy atom. The van der Waals surface area contributed by atoms with Crippen molar-refractivity contribution in [3.63, 3.8) is 0 Å². The van der Waals surface area contributed by atoms with Gasteiger partial charge in [0.1, 0.15) is 5.37 Å². The molecule has 0 saturated carbocycles. The van der Waals surface area contributed by atoms with E-state index in [1.165, 1.54) is 5.56 Å². The third kappa shape index (κ3) is 3.82. The Bertz CT molecular complexity index is 707. The Balaban J connectivity index is 1.75. The number of halogens is 1. The number of carbonyl (C=O) groups is 1. The van der Waals surface area contributed by atoms with Crippen molar-refractivity contribution in [1.82, 2.24) is 4.90 Å². The van der Waals surface area contributed by atoms with Crippen LogP contribution in [0.3, 0.4) is 0 Å². The number of carbonyl (C=O) groups excluding carboxylic acids is 1. The van der Waals surface area contributed by atoms with E-state index in [0.717, 1.165) is 30.0 Å². The van der Waals surface area contributed by atoms with E-state index in [1.54, 1.807) is 11.8 Å². The molecule has 1 heterocycles. The fraction of sp³-hybridized carbons (Fsp3) is 0.278. The molecule has 0 radical (unpaired) electrons. The van der Waals surface area contributed by atoms with Crippen LogP contribution < -0.4 is 5.32 Å². The van der Waals surface area contributed by atoms with Crippen molar-refractivity contribution in [2.45, 2.75) is 18.7 Å². The summed E-state index contributed by atoms with van der Waals surface area (Å²) in [7, 11) is 0. The lowest BCUT2D eigenvalue weighted by Crippen LogP contribution is -2.34. The average molecular weight is 347 g/mol. The van der Waals surface area contributed by atoms with Crippen molar-refractivity contribution in [3.05, 3.63) is 64.7 Å². The maximum Gasteiger partial charge on any atom is 0.323 e. The van der Waals surface area contributed by atoms with Gasteiger partial charge in [-0.1, -0.05) is 42.8 Å². The Kier molecular flexibility index (Phi) is 5.13. The van der Waals surface area contributed by atoms with Gasteiger partial charge in [0.25, 0.3) is 0 Å². The van der Waals surface area contributed by atoms with Crippen molar-refractivity contribution in [2.75, 3.05) is 17.6 Å². The first-order valence-corrected chi connectivity index (χ1v) is 9.13. The molecule has 1 saturated heterocycles. The topological polar surface area (TPSA) is 32.3 Å². The van der Waals surface area contributed by atoms with Gasteiger partial charge >= 0.3 is 6.03 Å². The number of thioether (sulfide) groups is 1. The monoisotopic (exact) mass is 346 g/mol. The molecule has 1 atom stereocenters. The molecule has 0 spiro atoms. The molecule has 5 heteroatoms. The van der Waals surface area contributed by atoms with Crippen LogP contribution in [0.2, 0.25) is 5.02 Å². The minimum Gasteiger partial charge on any atom is -0.308 e. The molecule has 1 fully saturated rings. The summed E-state index contributed by atoms with van der Waals surface area (Å²) in [5.74, 6) is 0.930. The number of benzene rings is 2. The van der Waals surface area contributed by atoms with Crippen molar-refractivity contribution in [1.29, 1.82) is 0 Å². The van der Waals surface area contributed by atoms with E-state index in [9.17, 15) is 4.79 Å². The Labute approximate surface area is 146 Å². The molecular weight excluding hydrogens is 328 g/mol. The van der Waals surface area contributed by atoms with E-state index in [1.807, 2.05) is 47.4 Å². The lowest BCUT2D eigenvalue weighted by Gasteiger charge is -2.24. The van der Waals surface area contributed by atoms with Crippen LogP contribution in [0.15, 0.2) is 48.5 Å². The minimum absolute atomic E-state index is 0.0167. The molecule has 23 heavy (non-hydrogen) atoms. The van der Waals surface area contributed by atoms with Crippen LogP contribution in [0.1, 0.15) is 23.4 Å². The summed E-state index contributed by atoms with van der Waals surface area (Å²) in [6.07, 6.45) is 0.953. The molecule has 3 nitrogen and oxygen atoms in total. The highest BCUT2D eigenvalue weighted by molar-refractivity contribution is 7.99. The van der Waals surface area contributed by atoms with Gasteiger partial charge in [-0.2, -0.15) is 0 Å². The van der Waals surface area contributed by atoms with Gasteiger partial charge < -0.3 is 10.2 Å². The number of aryl methyl sites for hydroxylation is 1. The molecule has 1 aliphatic heterocycles. The molecule has 2 amide bonds. The maximum absolute atomic E-state index is 12.7.